The number of hydrogen-bond donors (Lipinski definition) is 1. The van der Waals surface area contributed by atoms with E-state index in [0.717, 1.165) is 26.2 Å². The van der Waals surface area contributed by atoms with E-state index in [0.29, 0.717) is 11.3 Å². The first-order chi connectivity index (χ1) is 10.1. The molecule has 5 nitrogen and oxygen atoms in total. The topological polar surface area (TPSA) is 48.5 Å². The maximum atomic E-state index is 11.6. The zero-order valence-electron chi connectivity index (χ0n) is 12.8. The third kappa shape index (κ3) is 3.37. The first-order valence-corrected chi connectivity index (χ1v) is 8.53. The predicted molar refractivity (Wildman–Crippen MR) is 84.3 cm³/mol. The van der Waals surface area contributed by atoms with Crippen LogP contribution in [0.4, 0.5) is 4.79 Å². The summed E-state index contributed by atoms with van der Waals surface area (Å²) in [6.45, 7) is 4.16. The average molecular weight is 308 g/mol. The smallest absolute Gasteiger partial charge is 0.316 e. The molecule has 1 atom stereocenters. The van der Waals surface area contributed by atoms with Gasteiger partial charge in [0.15, 0.2) is 0 Å². The average Bonchev–Trinajstić information content (AvgIpc) is 2.88. The van der Waals surface area contributed by atoms with Crippen LogP contribution in [0, 0.1) is 11.3 Å². The number of likely N-dealkylation sites (tertiary alicyclic amines) is 1. The highest BCUT2D eigenvalue weighted by molar-refractivity contribution is 7.09. The summed E-state index contributed by atoms with van der Waals surface area (Å²) in [6.07, 6.45) is 5.70. The first kappa shape index (κ1) is 14.8. The van der Waals surface area contributed by atoms with Gasteiger partial charge in [0.1, 0.15) is 5.01 Å². The van der Waals surface area contributed by atoms with E-state index in [4.69, 9.17) is 0 Å². The molecular formula is C15H24N4OS. The Morgan fingerprint density at radius 2 is 2.29 bits per heavy atom. The lowest BCUT2D eigenvalue weighted by molar-refractivity contribution is 0.155. The summed E-state index contributed by atoms with van der Waals surface area (Å²) in [4.78, 5) is 20.1. The Bertz CT molecular complexity index is 480. The van der Waals surface area contributed by atoms with Crippen LogP contribution in [0.2, 0.25) is 0 Å². The molecule has 1 saturated carbocycles. The molecule has 0 aromatic carbocycles. The molecule has 1 aliphatic carbocycles. The Morgan fingerprint density at radius 1 is 1.52 bits per heavy atom. The first-order valence-electron chi connectivity index (χ1n) is 7.65. The van der Waals surface area contributed by atoms with Crippen LogP contribution >= 0.6 is 11.3 Å². The highest BCUT2D eigenvalue weighted by atomic mass is 32.1. The van der Waals surface area contributed by atoms with Gasteiger partial charge in [0.2, 0.25) is 0 Å². The molecule has 1 saturated heterocycles. The van der Waals surface area contributed by atoms with Gasteiger partial charge in [0.25, 0.3) is 0 Å². The normalized spacial score (nSPS) is 24.0. The third-order valence-corrected chi connectivity index (χ3v) is 5.72. The molecule has 3 rings (SSSR count). The predicted octanol–water partition coefficient (Wildman–Crippen LogP) is 2.02. The maximum Gasteiger partial charge on any atom is 0.316 e. The second kappa shape index (κ2) is 5.93. The van der Waals surface area contributed by atoms with Gasteiger partial charge in [-0.1, -0.05) is 0 Å². The minimum atomic E-state index is 0.0262. The Hall–Kier alpha value is -1.14. The van der Waals surface area contributed by atoms with Crippen LogP contribution in [0.3, 0.4) is 0 Å². The number of carbonyl (C=O) groups is 1. The van der Waals surface area contributed by atoms with Crippen molar-refractivity contribution in [2.45, 2.75) is 25.8 Å². The number of amides is 2. The third-order valence-electron chi connectivity index (χ3n) is 4.96. The molecule has 2 heterocycles. The van der Waals surface area contributed by atoms with Gasteiger partial charge in [-0.2, -0.15) is 0 Å². The van der Waals surface area contributed by atoms with Crippen molar-refractivity contribution in [1.29, 1.82) is 0 Å². The fraction of sp³-hybridized carbons (Fsp3) is 0.733. The molecule has 1 spiro atoms. The molecular weight excluding hydrogens is 284 g/mol. The van der Waals surface area contributed by atoms with Crippen LogP contribution < -0.4 is 5.32 Å². The van der Waals surface area contributed by atoms with Crippen molar-refractivity contribution in [2.75, 3.05) is 33.7 Å². The van der Waals surface area contributed by atoms with E-state index in [1.807, 2.05) is 11.6 Å². The van der Waals surface area contributed by atoms with Gasteiger partial charge < -0.3 is 10.2 Å². The number of piperidine rings is 1. The number of urea groups is 1. The molecule has 0 bridgehead atoms. The van der Waals surface area contributed by atoms with Crippen LogP contribution in [0.5, 0.6) is 0 Å². The molecule has 1 aromatic heterocycles. The van der Waals surface area contributed by atoms with Crippen molar-refractivity contribution in [3.05, 3.63) is 16.6 Å². The van der Waals surface area contributed by atoms with Crippen molar-refractivity contribution in [2.24, 2.45) is 11.3 Å². The fourth-order valence-electron chi connectivity index (χ4n) is 3.38. The second-order valence-electron chi connectivity index (χ2n) is 6.55. The summed E-state index contributed by atoms with van der Waals surface area (Å²) in [5.74, 6) is 0.684. The van der Waals surface area contributed by atoms with Gasteiger partial charge >= 0.3 is 6.03 Å². The summed E-state index contributed by atoms with van der Waals surface area (Å²) in [7, 11) is 3.57. The molecule has 2 amide bonds. The second-order valence-corrected chi connectivity index (χ2v) is 7.53. The number of hydrogen-bond acceptors (Lipinski definition) is 4. The number of nitrogens with zero attached hydrogens (tertiary/aromatic N) is 3. The standard InChI is InChI=1S/C15H24N4OS/c1-18(2)14(20)17-10-12-9-15(12)3-6-19(7-4-15)11-13-16-5-8-21-13/h5,8,12H,3-4,6-7,9-11H2,1-2H3,(H,17,20)/t12-/m1/s1. The van der Waals surface area contributed by atoms with Crippen molar-refractivity contribution in [3.8, 4) is 0 Å². The minimum Gasteiger partial charge on any atom is -0.338 e. The summed E-state index contributed by atoms with van der Waals surface area (Å²) in [5, 5.41) is 6.29. The molecule has 2 aliphatic rings. The van der Waals surface area contributed by atoms with Crippen LogP contribution in [-0.2, 0) is 6.54 Å². The van der Waals surface area contributed by atoms with E-state index in [-0.39, 0.29) is 6.03 Å². The quantitative estimate of drug-likeness (QED) is 0.926. The molecule has 1 aliphatic heterocycles. The highest BCUT2D eigenvalue weighted by Gasteiger charge is 2.54. The molecule has 0 unspecified atom stereocenters. The number of aromatic nitrogens is 1. The molecule has 1 aromatic rings. The van der Waals surface area contributed by atoms with Gasteiger partial charge in [-0.25, -0.2) is 9.78 Å². The summed E-state index contributed by atoms with van der Waals surface area (Å²) >= 11 is 1.74. The number of thiazole rings is 1. The Morgan fingerprint density at radius 3 is 2.90 bits per heavy atom. The Kier molecular flexibility index (Phi) is 4.17. The van der Waals surface area contributed by atoms with Crippen LogP contribution in [-0.4, -0.2) is 54.5 Å². The van der Waals surface area contributed by atoms with E-state index < -0.39 is 0 Å². The molecule has 0 radical (unpaired) electrons. The molecule has 1 N–H and O–H groups in total. The van der Waals surface area contributed by atoms with Crippen LogP contribution in [0.15, 0.2) is 11.6 Å². The van der Waals surface area contributed by atoms with Gasteiger partial charge in [0, 0.05) is 32.2 Å². The lowest BCUT2D eigenvalue weighted by Crippen LogP contribution is -2.38. The zero-order valence-corrected chi connectivity index (χ0v) is 13.7. The zero-order chi connectivity index (χ0) is 14.9. The van der Waals surface area contributed by atoms with Gasteiger partial charge in [-0.05, 0) is 43.7 Å². The summed E-state index contributed by atoms with van der Waals surface area (Å²) in [6, 6.07) is 0.0262. The minimum absolute atomic E-state index is 0.0262. The molecule has 21 heavy (non-hydrogen) atoms. The number of carbonyl (C=O) groups excluding carboxylic acids is 1. The maximum absolute atomic E-state index is 11.6. The number of rotatable bonds is 4. The monoisotopic (exact) mass is 308 g/mol. The Balaban J connectivity index is 1.41. The van der Waals surface area contributed by atoms with Crippen molar-refractivity contribution < 1.29 is 4.79 Å². The lowest BCUT2D eigenvalue weighted by atomic mass is 9.91. The fourth-order valence-corrected chi connectivity index (χ4v) is 4.04. The van der Waals surface area contributed by atoms with E-state index >= 15 is 0 Å². The van der Waals surface area contributed by atoms with Crippen molar-refractivity contribution >= 4 is 17.4 Å². The highest BCUT2D eigenvalue weighted by Crippen LogP contribution is 2.59. The lowest BCUT2D eigenvalue weighted by Gasteiger charge is -2.32. The van der Waals surface area contributed by atoms with Crippen molar-refractivity contribution in [1.82, 2.24) is 20.1 Å². The van der Waals surface area contributed by atoms with E-state index in [1.54, 1.807) is 30.3 Å². The molecule has 116 valence electrons. The van der Waals surface area contributed by atoms with Gasteiger partial charge in [-0.15, -0.1) is 11.3 Å². The largest absolute Gasteiger partial charge is 0.338 e. The van der Waals surface area contributed by atoms with Crippen LogP contribution in [0.1, 0.15) is 24.3 Å². The van der Waals surface area contributed by atoms with Crippen molar-refractivity contribution in [3.63, 3.8) is 0 Å². The van der Waals surface area contributed by atoms with Crippen LogP contribution in [0.25, 0.3) is 0 Å². The summed E-state index contributed by atoms with van der Waals surface area (Å²) < 4.78 is 0. The SMILES string of the molecule is CN(C)C(=O)NC[C@H]1CC12CCN(Cc1nccs1)CC2. The van der Waals surface area contributed by atoms with E-state index in [1.165, 1.54) is 24.3 Å². The van der Waals surface area contributed by atoms with E-state index in [2.05, 4.69) is 15.2 Å². The van der Waals surface area contributed by atoms with Gasteiger partial charge in [0.05, 0.1) is 6.54 Å². The van der Waals surface area contributed by atoms with E-state index in [9.17, 15) is 4.79 Å². The van der Waals surface area contributed by atoms with Gasteiger partial charge in [-0.3, -0.25) is 4.90 Å². The Labute approximate surface area is 130 Å². The number of nitrogens with one attached hydrogen (secondary N) is 1. The molecule has 6 heteroatoms. The summed E-state index contributed by atoms with van der Waals surface area (Å²) in [5.41, 5.74) is 0.513. The molecule has 2 fully saturated rings.